The van der Waals surface area contributed by atoms with E-state index in [1.807, 2.05) is 23.6 Å². The summed E-state index contributed by atoms with van der Waals surface area (Å²) < 4.78 is 19.2. The molecule has 1 aromatic carbocycles. The molecule has 0 N–H and O–H groups in total. The van der Waals surface area contributed by atoms with Gasteiger partial charge in [0.1, 0.15) is 17.3 Å². The van der Waals surface area contributed by atoms with Gasteiger partial charge in [-0.15, -0.1) is 0 Å². The predicted molar refractivity (Wildman–Crippen MR) is 76.6 cm³/mol. The van der Waals surface area contributed by atoms with Gasteiger partial charge in [0.2, 0.25) is 5.91 Å². The van der Waals surface area contributed by atoms with Crippen molar-refractivity contribution in [2.24, 2.45) is 5.92 Å². The van der Waals surface area contributed by atoms with Crippen LogP contribution in [0.1, 0.15) is 13.8 Å². The maximum atomic E-state index is 14.0. The van der Waals surface area contributed by atoms with E-state index in [2.05, 4.69) is 0 Å². The van der Waals surface area contributed by atoms with E-state index in [-0.39, 0.29) is 17.6 Å². The highest BCUT2D eigenvalue weighted by atomic mass is 19.1. The molecule has 0 radical (unpaired) electrons. The van der Waals surface area contributed by atoms with Crippen LogP contribution in [0.3, 0.4) is 0 Å². The zero-order chi connectivity index (χ0) is 14.7. The zero-order valence-electron chi connectivity index (χ0n) is 12.2. The van der Waals surface area contributed by atoms with Crippen LogP contribution in [0, 0.1) is 11.7 Å². The fourth-order valence-electron chi connectivity index (χ4n) is 2.48. The molecule has 0 bridgehead atoms. The van der Waals surface area contributed by atoms with Gasteiger partial charge in [0, 0.05) is 32.1 Å². The maximum absolute atomic E-state index is 14.0. The van der Waals surface area contributed by atoms with Crippen LogP contribution in [0.2, 0.25) is 0 Å². The third-order valence-electron chi connectivity index (χ3n) is 3.57. The number of ether oxygens (including phenoxy) is 1. The summed E-state index contributed by atoms with van der Waals surface area (Å²) in [4.78, 5) is 15.7. The molecule has 1 heterocycles. The average Bonchev–Trinajstić information content (AvgIpc) is 2.46. The molecule has 0 saturated carbocycles. The number of carbonyl (C=O) groups is 1. The smallest absolute Gasteiger partial charge is 0.225 e. The average molecular weight is 280 g/mol. The number of piperazine rings is 1. The van der Waals surface area contributed by atoms with Crippen molar-refractivity contribution in [3.8, 4) is 5.75 Å². The van der Waals surface area contributed by atoms with Gasteiger partial charge in [-0.05, 0) is 12.1 Å². The molecular weight excluding hydrogens is 259 g/mol. The third kappa shape index (κ3) is 2.86. The van der Waals surface area contributed by atoms with Gasteiger partial charge in [0.15, 0.2) is 0 Å². The molecule has 1 fully saturated rings. The van der Waals surface area contributed by atoms with Crippen LogP contribution >= 0.6 is 0 Å². The summed E-state index contributed by atoms with van der Waals surface area (Å²) in [5.41, 5.74) is 0.492. The zero-order valence-corrected chi connectivity index (χ0v) is 12.2. The lowest BCUT2D eigenvalue weighted by Gasteiger charge is -2.37. The molecule has 5 heteroatoms. The first-order chi connectivity index (χ1) is 9.54. The van der Waals surface area contributed by atoms with E-state index in [1.54, 1.807) is 12.1 Å². The summed E-state index contributed by atoms with van der Waals surface area (Å²) in [6, 6.07) is 4.82. The van der Waals surface area contributed by atoms with Gasteiger partial charge in [-0.25, -0.2) is 4.39 Å². The van der Waals surface area contributed by atoms with Crippen LogP contribution in [-0.2, 0) is 4.79 Å². The number of para-hydroxylation sites is 1. The van der Waals surface area contributed by atoms with E-state index in [0.717, 1.165) is 0 Å². The number of amides is 1. The Hall–Kier alpha value is -1.78. The van der Waals surface area contributed by atoms with Crippen LogP contribution in [0.5, 0.6) is 5.75 Å². The van der Waals surface area contributed by atoms with Crippen molar-refractivity contribution in [3.05, 3.63) is 24.0 Å². The maximum Gasteiger partial charge on any atom is 0.225 e. The highest BCUT2D eigenvalue weighted by molar-refractivity contribution is 5.78. The summed E-state index contributed by atoms with van der Waals surface area (Å²) >= 11 is 0. The van der Waals surface area contributed by atoms with Gasteiger partial charge in [-0.1, -0.05) is 19.9 Å². The van der Waals surface area contributed by atoms with Crippen LogP contribution in [0.15, 0.2) is 18.2 Å². The van der Waals surface area contributed by atoms with E-state index >= 15 is 0 Å². The van der Waals surface area contributed by atoms with Crippen LogP contribution < -0.4 is 9.64 Å². The Balaban J connectivity index is 2.10. The van der Waals surface area contributed by atoms with Crippen molar-refractivity contribution in [1.82, 2.24) is 4.90 Å². The van der Waals surface area contributed by atoms with Gasteiger partial charge >= 0.3 is 0 Å². The number of hydrogen-bond donors (Lipinski definition) is 0. The number of nitrogens with zero attached hydrogens (tertiary/aromatic N) is 2. The molecule has 20 heavy (non-hydrogen) atoms. The lowest BCUT2D eigenvalue weighted by atomic mass is 10.1. The largest absolute Gasteiger partial charge is 0.494 e. The summed E-state index contributed by atoms with van der Waals surface area (Å²) in [6.45, 7) is 6.28. The SMILES string of the molecule is COc1cccc(F)c1N1CCN(C(=O)C(C)C)CC1. The van der Waals surface area contributed by atoms with Gasteiger partial charge < -0.3 is 14.5 Å². The molecule has 1 saturated heterocycles. The first-order valence-corrected chi connectivity index (χ1v) is 6.90. The van der Waals surface area contributed by atoms with Crippen molar-refractivity contribution in [3.63, 3.8) is 0 Å². The minimum Gasteiger partial charge on any atom is -0.494 e. The Morgan fingerprint density at radius 1 is 1.25 bits per heavy atom. The predicted octanol–water partition coefficient (Wildman–Crippen LogP) is 2.14. The number of benzene rings is 1. The first-order valence-electron chi connectivity index (χ1n) is 6.90. The van der Waals surface area contributed by atoms with Gasteiger partial charge in [0.25, 0.3) is 0 Å². The molecular formula is C15H21FN2O2. The molecule has 1 aliphatic heterocycles. The van der Waals surface area contributed by atoms with Crippen molar-refractivity contribution >= 4 is 11.6 Å². The number of carbonyl (C=O) groups excluding carboxylic acids is 1. The van der Waals surface area contributed by atoms with Gasteiger partial charge in [-0.3, -0.25) is 4.79 Å². The van der Waals surface area contributed by atoms with Crippen molar-refractivity contribution in [1.29, 1.82) is 0 Å². The standard InChI is InChI=1S/C15H21FN2O2/c1-11(2)15(19)18-9-7-17(8-10-18)14-12(16)5-4-6-13(14)20-3/h4-6,11H,7-10H2,1-3H3. The second-order valence-electron chi connectivity index (χ2n) is 5.26. The molecule has 1 aliphatic rings. The molecule has 110 valence electrons. The molecule has 0 aliphatic carbocycles. The Labute approximate surface area is 119 Å². The Morgan fingerprint density at radius 3 is 2.45 bits per heavy atom. The van der Waals surface area contributed by atoms with E-state index in [9.17, 15) is 9.18 Å². The Morgan fingerprint density at radius 2 is 1.90 bits per heavy atom. The molecule has 0 atom stereocenters. The van der Waals surface area contributed by atoms with Crippen molar-refractivity contribution in [2.45, 2.75) is 13.8 Å². The van der Waals surface area contributed by atoms with E-state index < -0.39 is 0 Å². The topological polar surface area (TPSA) is 32.8 Å². The molecule has 0 spiro atoms. The lowest BCUT2D eigenvalue weighted by Crippen LogP contribution is -2.50. The molecule has 1 amide bonds. The molecule has 2 rings (SSSR count). The Bertz CT molecular complexity index is 483. The monoisotopic (exact) mass is 280 g/mol. The van der Waals surface area contributed by atoms with Crippen molar-refractivity contribution < 1.29 is 13.9 Å². The van der Waals surface area contributed by atoms with Crippen LogP contribution in [0.4, 0.5) is 10.1 Å². The highest BCUT2D eigenvalue weighted by Gasteiger charge is 2.25. The quantitative estimate of drug-likeness (QED) is 0.850. The fourth-order valence-corrected chi connectivity index (χ4v) is 2.48. The summed E-state index contributed by atoms with van der Waals surface area (Å²) in [7, 11) is 1.54. The van der Waals surface area contributed by atoms with Gasteiger partial charge in [0.05, 0.1) is 7.11 Å². The minimum absolute atomic E-state index is 0.00421. The van der Waals surface area contributed by atoms with Crippen LogP contribution in [0.25, 0.3) is 0 Å². The summed E-state index contributed by atoms with van der Waals surface area (Å²) in [5, 5.41) is 0. The number of halogens is 1. The van der Waals surface area contributed by atoms with E-state index in [4.69, 9.17) is 4.74 Å². The minimum atomic E-state index is -0.284. The molecule has 0 aromatic heterocycles. The number of anilines is 1. The fraction of sp³-hybridized carbons (Fsp3) is 0.533. The lowest BCUT2D eigenvalue weighted by molar-refractivity contribution is -0.134. The summed E-state index contributed by atoms with van der Waals surface area (Å²) in [5.74, 6) is 0.413. The highest BCUT2D eigenvalue weighted by Crippen LogP contribution is 2.31. The molecule has 4 nitrogen and oxygen atoms in total. The number of hydrogen-bond acceptors (Lipinski definition) is 3. The van der Waals surface area contributed by atoms with E-state index in [0.29, 0.717) is 37.6 Å². The summed E-state index contributed by atoms with van der Waals surface area (Å²) in [6.07, 6.45) is 0. The third-order valence-corrected chi connectivity index (χ3v) is 3.57. The van der Waals surface area contributed by atoms with Crippen LogP contribution in [-0.4, -0.2) is 44.1 Å². The second kappa shape index (κ2) is 6.11. The van der Waals surface area contributed by atoms with Gasteiger partial charge in [-0.2, -0.15) is 0 Å². The number of rotatable bonds is 3. The second-order valence-corrected chi connectivity index (χ2v) is 5.26. The molecule has 0 unspecified atom stereocenters. The van der Waals surface area contributed by atoms with E-state index in [1.165, 1.54) is 13.2 Å². The van der Waals surface area contributed by atoms with Crippen molar-refractivity contribution in [2.75, 3.05) is 38.2 Å². The normalized spacial score (nSPS) is 15.7. The first kappa shape index (κ1) is 14.6. The Kier molecular flexibility index (Phi) is 4.47. The molecule has 1 aromatic rings. The number of methoxy groups -OCH3 is 1.